The number of dihydropyridines is 1. The molecule has 0 aliphatic carbocycles. The third kappa shape index (κ3) is 4.38. The molecule has 0 amide bonds. The lowest BCUT2D eigenvalue weighted by Crippen LogP contribution is -2.58. The minimum atomic E-state index is -1.04. The van der Waals surface area contributed by atoms with Crippen LogP contribution in [0.15, 0.2) is 24.1 Å². The van der Waals surface area contributed by atoms with E-state index in [4.69, 9.17) is 25.8 Å². The number of ether oxygens (including phenoxy) is 3. The zero-order valence-corrected chi connectivity index (χ0v) is 13.9. The van der Waals surface area contributed by atoms with Crippen LogP contribution < -0.4 is 10.6 Å². The lowest BCUT2D eigenvalue weighted by atomic mass is 10.0. The molecule has 2 atom stereocenters. The molecule has 6 nitrogen and oxygen atoms in total. The molecule has 2 aliphatic rings. The first-order valence-corrected chi connectivity index (χ1v) is 7.70. The summed E-state index contributed by atoms with van der Waals surface area (Å²) in [6.45, 7) is 7.18. The maximum atomic E-state index is 11.8. The topological polar surface area (TPSA) is 68.8 Å². The molecule has 0 spiro atoms. The summed E-state index contributed by atoms with van der Waals surface area (Å²) in [5, 5.41) is 6.29. The monoisotopic (exact) mass is 330 g/mol. The number of nitrogens with one attached hydrogen (secondary N) is 2. The van der Waals surface area contributed by atoms with Crippen LogP contribution in [0.2, 0.25) is 0 Å². The number of allylic oxidation sites excluding steroid dienone is 2. The van der Waals surface area contributed by atoms with Gasteiger partial charge in [0.05, 0.1) is 6.61 Å². The summed E-state index contributed by atoms with van der Waals surface area (Å²) in [5.74, 6) is 0.000818. The van der Waals surface area contributed by atoms with E-state index in [1.165, 1.54) is 0 Å². The van der Waals surface area contributed by atoms with E-state index in [0.717, 1.165) is 6.54 Å². The molecule has 2 aliphatic heterocycles. The van der Waals surface area contributed by atoms with E-state index in [1.54, 1.807) is 18.4 Å². The second kappa shape index (κ2) is 6.89. The number of hydrogen-bond donors (Lipinski definition) is 2. The second-order valence-corrected chi connectivity index (χ2v) is 6.78. The molecule has 0 aromatic carbocycles. The van der Waals surface area contributed by atoms with Crippen molar-refractivity contribution in [2.24, 2.45) is 0 Å². The fourth-order valence-corrected chi connectivity index (χ4v) is 2.55. The Labute approximate surface area is 135 Å². The van der Waals surface area contributed by atoms with Gasteiger partial charge < -0.3 is 24.8 Å². The summed E-state index contributed by atoms with van der Waals surface area (Å²) in [7, 11) is 0. The average molecular weight is 331 g/mol. The number of carbonyl (C=O) groups is 1. The summed E-state index contributed by atoms with van der Waals surface area (Å²) in [6, 6.07) is 0. The summed E-state index contributed by atoms with van der Waals surface area (Å²) in [6.07, 6.45) is 4.91. The number of rotatable bonds is 4. The smallest absolute Gasteiger partial charge is 0.344 e. The van der Waals surface area contributed by atoms with Crippen molar-refractivity contribution in [3.63, 3.8) is 0 Å². The van der Waals surface area contributed by atoms with Crippen molar-refractivity contribution in [1.29, 1.82) is 0 Å². The second-order valence-electron chi connectivity index (χ2n) is 6.18. The fourth-order valence-electron chi connectivity index (χ4n) is 2.23. The van der Waals surface area contributed by atoms with Crippen molar-refractivity contribution in [2.75, 3.05) is 26.3 Å². The van der Waals surface area contributed by atoms with Crippen LogP contribution >= 0.6 is 11.6 Å². The first kappa shape index (κ1) is 17.1. The minimum Gasteiger partial charge on any atom is -0.482 e. The van der Waals surface area contributed by atoms with Crippen molar-refractivity contribution in [3.05, 3.63) is 24.1 Å². The zero-order valence-electron chi connectivity index (χ0n) is 13.1. The van der Waals surface area contributed by atoms with E-state index < -0.39 is 16.6 Å². The van der Waals surface area contributed by atoms with Crippen LogP contribution in [0.4, 0.5) is 0 Å². The quantitative estimate of drug-likeness (QED) is 0.459. The van der Waals surface area contributed by atoms with E-state index in [9.17, 15) is 4.79 Å². The zero-order chi connectivity index (χ0) is 16.2. The highest BCUT2D eigenvalue weighted by Crippen LogP contribution is 2.32. The largest absolute Gasteiger partial charge is 0.482 e. The first-order chi connectivity index (χ1) is 10.3. The van der Waals surface area contributed by atoms with Gasteiger partial charge in [-0.3, -0.25) is 0 Å². The van der Waals surface area contributed by atoms with Gasteiger partial charge in [-0.25, -0.2) is 4.79 Å². The Morgan fingerprint density at radius 1 is 1.55 bits per heavy atom. The Kier molecular flexibility index (Phi) is 5.36. The normalized spacial score (nSPS) is 28.5. The fraction of sp³-hybridized carbons (Fsp3) is 0.667. The molecule has 0 radical (unpaired) electrons. The number of hydrogen-bond acceptors (Lipinski definition) is 6. The maximum absolute atomic E-state index is 11.8. The average Bonchev–Trinajstić information content (AvgIpc) is 2.45. The predicted octanol–water partition coefficient (Wildman–Crippen LogP) is 1.27. The van der Waals surface area contributed by atoms with Gasteiger partial charge in [-0.2, -0.15) is 0 Å². The Bertz CT molecular complexity index is 467. The van der Waals surface area contributed by atoms with Crippen LogP contribution in [-0.4, -0.2) is 49.0 Å². The molecular weight excluding hydrogens is 308 g/mol. The van der Waals surface area contributed by atoms with Crippen LogP contribution in [0.3, 0.4) is 0 Å². The molecule has 22 heavy (non-hydrogen) atoms. The molecule has 0 aromatic rings. The van der Waals surface area contributed by atoms with Gasteiger partial charge in [-0.15, -0.1) is 0 Å². The Morgan fingerprint density at radius 2 is 2.32 bits per heavy atom. The van der Waals surface area contributed by atoms with Gasteiger partial charge in [-0.1, -0.05) is 11.6 Å². The van der Waals surface area contributed by atoms with Crippen molar-refractivity contribution >= 4 is 17.6 Å². The lowest BCUT2D eigenvalue weighted by molar-refractivity contribution is -0.159. The minimum absolute atomic E-state index is 0.201. The van der Waals surface area contributed by atoms with Crippen LogP contribution in [0, 0.1) is 0 Å². The van der Waals surface area contributed by atoms with E-state index in [1.807, 2.05) is 20.8 Å². The van der Waals surface area contributed by atoms with Gasteiger partial charge in [-0.05, 0) is 39.1 Å². The molecule has 7 heteroatoms. The lowest BCUT2D eigenvalue weighted by Gasteiger charge is -2.40. The Morgan fingerprint density at radius 3 is 2.95 bits per heavy atom. The van der Waals surface area contributed by atoms with Gasteiger partial charge in [0, 0.05) is 13.1 Å². The highest BCUT2D eigenvalue weighted by atomic mass is 35.5. The van der Waals surface area contributed by atoms with E-state index in [-0.39, 0.29) is 12.7 Å². The van der Waals surface area contributed by atoms with Gasteiger partial charge in [0.25, 0.3) is 0 Å². The van der Waals surface area contributed by atoms with Crippen molar-refractivity contribution in [2.45, 2.75) is 37.5 Å². The summed E-state index contributed by atoms with van der Waals surface area (Å²) >= 11 is 6.66. The van der Waals surface area contributed by atoms with Gasteiger partial charge >= 0.3 is 5.97 Å². The molecule has 0 bridgehead atoms. The molecule has 1 fully saturated rings. The summed E-state index contributed by atoms with van der Waals surface area (Å²) < 4.78 is 16.5. The first-order valence-electron chi connectivity index (χ1n) is 7.32. The summed E-state index contributed by atoms with van der Waals surface area (Å²) in [5.41, 5.74) is -0.548. The van der Waals surface area contributed by atoms with E-state index in [2.05, 4.69) is 10.6 Å². The Hall–Kier alpha value is -1.24. The highest BCUT2D eigenvalue weighted by molar-refractivity contribution is 6.26. The maximum Gasteiger partial charge on any atom is 0.344 e. The number of halogens is 1. The van der Waals surface area contributed by atoms with Crippen molar-refractivity contribution in [1.82, 2.24) is 10.6 Å². The third-order valence-electron chi connectivity index (χ3n) is 3.13. The van der Waals surface area contributed by atoms with Gasteiger partial charge in [0.1, 0.15) is 17.5 Å². The van der Waals surface area contributed by atoms with Gasteiger partial charge in [0.2, 0.25) is 0 Å². The number of esters is 1. The van der Waals surface area contributed by atoms with Crippen LogP contribution in [0.25, 0.3) is 0 Å². The SMILES string of the molecule is CC(C)(C)OC(=O)COC1=CC=CNC1(Cl)C1CNCCO1. The number of carbonyl (C=O) groups excluding carboxylic acids is 1. The Balaban J connectivity index is 1.99. The molecule has 124 valence electrons. The van der Waals surface area contributed by atoms with Crippen LogP contribution in [0.5, 0.6) is 0 Å². The standard InChI is InChI=1S/C15H23ClN2O4/c1-14(2,3)22-13(19)10-21-11-5-4-6-18-15(11,16)12-9-17-7-8-20-12/h4-6,12,17-18H,7-10H2,1-3H3. The molecule has 1 saturated heterocycles. The van der Waals surface area contributed by atoms with Crippen molar-refractivity contribution in [3.8, 4) is 0 Å². The third-order valence-corrected chi connectivity index (χ3v) is 3.67. The molecule has 2 unspecified atom stereocenters. The number of alkyl halides is 1. The van der Waals surface area contributed by atoms with Gasteiger partial charge in [0.15, 0.2) is 11.6 Å². The van der Waals surface area contributed by atoms with E-state index in [0.29, 0.717) is 18.9 Å². The summed E-state index contributed by atoms with van der Waals surface area (Å²) in [4.78, 5) is 10.8. The molecular formula is C15H23ClN2O4. The van der Waals surface area contributed by atoms with E-state index >= 15 is 0 Å². The molecule has 2 rings (SSSR count). The molecule has 2 heterocycles. The van der Waals surface area contributed by atoms with Crippen molar-refractivity contribution < 1.29 is 19.0 Å². The molecule has 2 N–H and O–H groups in total. The van der Waals surface area contributed by atoms with Crippen LogP contribution in [0.1, 0.15) is 20.8 Å². The predicted molar refractivity (Wildman–Crippen MR) is 83.3 cm³/mol. The number of morpholine rings is 1. The van der Waals surface area contributed by atoms with Crippen LogP contribution in [-0.2, 0) is 19.0 Å². The molecule has 0 aromatic heterocycles. The molecule has 0 saturated carbocycles. The highest BCUT2D eigenvalue weighted by Gasteiger charge is 2.44.